The molecule has 4 N–H and O–H groups in total. The maximum atomic E-state index is 12.6. The number of amides is 3. The minimum Gasteiger partial charge on any atom is -0.495 e. The van der Waals surface area contributed by atoms with Crippen molar-refractivity contribution >= 4 is 28.5 Å². The molecule has 8 heteroatoms. The Morgan fingerprint density at radius 1 is 1.40 bits per heavy atom. The molecular formula is C17H20N4O4. The molecule has 1 aromatic carbocycles. The Morgan fingerprint density at radius 3 is 2.92 bits per heavy atom. The molecule has 1 fully saturated rings. The van der Waals surface area contributed by atoms with E-state index in [1.165, 1.54) is 18.2 Å². The molecule has 132 valence electrons. The number of carbonyl (C=O) groups is 2. The quantitative estimate of drug-likeness (QED) is 0.777. The molecule has 1 aliphatic heterocycles. The van der Waals surface area contributed by atoms with Gasteiger partial charge in [0.25, 0.3) is 0 Å². The maximum Gasteiger partial charge on any atom is 0.322 e. The van der Waals surface area contributed by atoms with Gasteiger partial charge in [0.05, 0.1) is 23.9 Å². The predicted molar refractivity (Wildman–Crippen MR) is 93.6 cm³/mol. The second-order valence-corrected chi connectivity index (χ2v) is 6.03. The van der Waals surface area contributed by atoms with Crippen molar-refractivity contribution in [1.29, 1.82) is 0 Å². The number of methoxy groups -OCH3 is 1. The van der Waals surface area contributed by atoms with Crippen LogP contribution in [0.4, 0.5) is 10.5 Å². The van der Waals surface area contributed by atoms with Crippen LogP contribution in [0.15, 0.2) is 29.2 Å². The van der Waals surface area contributed by atoms with Crippen LogP contribution in [0, 0.1) is 5.92 Å². The van der Waals surface area contributed by atoms with Crippen LogP contribution in [-0.4, -0.2) is 42.0 Å². The second-order valence-electron chi connectivity index (χ2n) is 6.03. The van der Waals surface area contributed by atoms with Crippen molar-refractivity contribution in [3.8, 4) is 5.75 Å². The number of aromatic amines is 1. The van der Waals surface area contributed by atoms with Crippen molar-refractivity contribution in [3.63, 3.8) is 0 Å². The Balaban J connectivity index is 1.83. The summed E-state index contributed by atoms with van der Waals surface area (Å²) >= 11 is 0. The summed E-state index contributed by atoms with van der Waals surface area (Å²) in [5.41, 5.74) is 5.74. The van der Waals surface area contributed by atoms with Crippen LogP contribution in [0.5, 0.6) is 5.75 Å². The van der Waals surface area contributed by atoms with E-state index in [0.29, 0.717) is 36.0 Å². The zero-order valence-corrected chi connectivity index (χ0v) is 13.9. The summed E-state index contributed by atoms with van der Waals surface area (Å²) in [5.74, 6) is -0.209. The minimum absolute atomic E-state index is 0.145. The van der Waals surface area contributed by atoms with Gasteiger partial charge in [-0.25, -0.2) is 4.79 Å². The van der Waals surface area contributed by atoms with Crippen LogP contribution in [0.3, 0.4) is 0 Å². The van der Waals surface area contributed by atoms with Gasteiger partial charge in [-0.05, 0) is 25.0 Å². The molecule has 3 rings (SSSR count). The van der Waals surface area contributed by atoms with Gasteiger partial charge in [0, 0.05) is 19.3 Å². The highest BCUT2D eigenvalue weighted by Gasteiger charge is 2.27. The number of piperidine rings is 1. The van der Waals surface area contributed by atoms with Crippen molar-refractivity contribution in [2.75, 3.05) is 25.5 Å². The van der Waals surface area contributed by atoms with Crippen LogP contribution in [-0.2, 0) is 4.79 Å². The molecule has 0 radical (unpaired) electrons. The average Bonchev–Trinajstić information content (AvgIpc) is 2.63. The fraction of sp³-hybridized carbons (Fsp3) is 0.353. The summed E-state index contributed by atoms with van der Waals surface area (Å²) in [4.78, 5) is 40.9. The molecule has 2 aromatic rings. The SMILES string of the molecule is COc1cccc2c(=O)c(NC(=O)N3CCC[C@H](C(N)=O)C3)c[nH]c12. The summed E-state index contributed by atoms with van der Waals surface area (Å²) in [7, 11) is 1.52. The van der Waals surface area contributed by atoms with Crippen LogP contribution in [0.1, 0.15) is 12.8 Å². The largest absolute Gasteiger partial charge is 0.495 e. The Labute approximate surface area is 143 Å². The van der Waals surface area contributed by atoms with Gasteiger partial charge in [-0.2, -0.15) is 0 Å². The zero-order chi connectivity index (χ0) is 18.0. The number of rotatable bonds is 3. The van der Waals surface area contributed by atoms with Gasteiger partial charge in [0.1, 0.15) is 11.4 Å². The number of likely N-dealkylation sites (tertiary alicyclic amines) is 1. The Bertz CT molecular complexity index is 877. The van der Waals surface area contributed by atoms with E-state index in [0.717, 1.165) is 0 Å². The molecule has 0 unspecified atom stereocenters. The van der Waals surface area contributed by atoms with Crippen LogP contribution in [0.25, 0.3) is 10.9 Å². The number of benzene rings is 1. The average molecular weight is 344 g/mol. The van der Waals surface area contributed by atoms with Gasteiger partial charge in [-0.15, -0.1) is 0 Å². The third kappa shape index (κ3) is 3.28. The topological polar surface area (TPSA) is 118 Å². The number of fused-ring (bicyclic) bond motifs is 1. The molecular weight excluding hydrogens is 324 g/mol. The number of nitrogens with one attached hydrogen (secondary N) is 2. The fourth-order valence-corrected chi connectivity index (χ4v) is 3.08. The van der Waals surface area contributed by atoms with E-state index < -0.39 is 11.9 Å². The number of nitrogens with two attached hydrogens (primary N) is 1. The Kier molecular flexibility index (Phi) is 4.60. The molecule has 1 atom stereocenters. The minimum atomic E-state index is -0.418. The van der Waals surface area contributed by atoms with Gasteiger partial charge in [0.2, 0.25) is 11.3 Å². The number of urea groups is 1. The summed E-state index contributed by atoms with van der Waals surface area (Å²) in [5, 5.41) is 3.04. The molecule has 3 amide bonds. The predicted octanol–water partition coefficient (Wildman–Crippen LogP) is 1.27. The molecule has 0 saturated carbocycles. The molecule has 1 saturated heterocycles. The number of hydrogen-bond donors (Lipinski definition) is 3. The third-order valence-corrected chi connectivity index (χ3v) is 4.45. The van der Waals surface area contributed by atoms with E-state index >= 15 is 0 Å². The number of primary amides is 1. The second kappa shape index (κ2) is 6.84. The first kappa shape index (κ1) is 16.8. The zero-order valence-electron chi connectivity index (χ0n) is 13.9. The van der Waals surface area contributed by atoms with E-state index in [4.69, 9.17) is 10.5 Å². The number of carbonyl (C=O) groups excluding carboxylic acids is 2. The van der Waals surface area contributed by atoms with E-state index in [2.05, 4.69) is 10.3 Å². The molecule has 25 heavy (non-hydrogen) atoms. The number of H-pyrrole nitrogens is 1. The molecule has 0 bridgehead atoms. The van der Waals surface area contributed by atoms with E-state index in [-0.39, 0.29) is 23.6 Å². The number of nitrogens with zero attached hydrogens (tertiary/aromatic N) is 1. The smallest absolute Gasteiger partial charge is 0.322 e. The summed E-state index contributed by atoms with van der Waals surface area (Å²) in [6.07, 6.45) is 2.82. The van der Waals surface area contributed by atoms with E-state index in [1.54, 1.807) is 18.2 Å². The number of aromatic nitrogens is 1. The molecule has 1 aliphatic rings. The van der Waals surface area contributed by atoms with E-state index in [1.807, 2.05) is 0 Å². The number of ether oxygens (including phenoxy) is 1. The number of para-hydroxylation sites is 1. The highest BCUT2D eigenvalue weighted by atomic mass is 16.5. The number of hydrogen-bond acceptors (Lipinski definition) is 4. The first-order valence-electron chi connectivity index (χ1n) is 8.05. The third-order valence-electron chi connectivity index (χ3n) is 4.45. The Morgan fingerprint density at radius 2 is 2.20 bits per heavy atom. The normalized spacial score (nSPS) is 17.3. The van der Waals surface area contributed by atoms with Gasteiger partial charge in [-0.3, -0.25) is 9.59 Å². The lowest BCUT2D eigenvalue weighted by Crippen LogP contribution is -2.46. The summed E-state index contributed by atoms with van der Waals surface area (Å²) in [6.45, 7) is 0.787. The highest BCUT2D eigenvalue weighted by Crippen LogP contribution is 2.22. The lowest BCUT2D eigenvalue weighted by molar-refractivity contribution is -0.123. The fourth-order valence-electron chi connectivity index (χ4n) is 3.08. The summed E-state index contributed by atoms with van der Waals surface area (Å²) < 4.78 is 5.22. The number of anilines is 1. The van der Waals surface area contributed by atoms with Crippen molar-refractivity contribution < 1.29 is 14.3 Å². The first-order valence-corrected chi connectivity index (χ1v) is 8.05. The maximum absolute atomic E-state index is 12.6. The van der Waals surface area contributed by atoms with Gasteiger partial charge in [0.15, 0.2) is 0 Å². The molecule has 2 heterocycles. The van der Waals surface area contributed by atoms with Crippen molar-refractivity contribution in [3.05, 3.63) is 34.6 Å². The lowest BCUT2D eigenvalue weighted by atomic mass is 9.98. The van der Waals surface area contributed by atoms with Crippen molar-refractivity contribution in [2.45, 2.75) is 12.8 Å². The highest BCUT2D eigenvalue weighted by molar-refractivity contribution is 5.93. The van der Waals surface area contributed by atoms with Crippen LogP contribution >= 0.6 is 0 Å². The first-order chi connectivity index (χ1) is 12.0. The summed E-state index contributed by atoms with van der Waals surface area (Å²) in [6, 6.07) is 4.70. The van der Waals surface area contributed by atoms with E-state index in [9.17, 15) is 14.4 Å². The van der Waals surface area contributed by atoms with Crippen molar-refractivity contribution in [1.82, 2.24) is 9.88 Å². The standard InChI is InChI=1S/C17H20N4O4/c1-25-13-6-2-5-11-14(13)19-8-12(15(11)22)20-17(24)21-7-3-4-10(9-21)16(18)23/h2,5-6,8,10H,3-4,7,9H2,1H3,(H2,18,23)(H,19,22)(H,20,24)/t10-/m0/s1. The van der Waals surface area contributed by atoms with Crippen LogP contribution < -0.4 is 21.2 Å². The molecule has 0 spiro atoms. The number of pyridine rings is 1. The molecule has 1 aromatic heterocycles. The van der Waals surface area contributed by atoms with Gasteiger partial charge < -0.3 is 25.7 Å². The Hall–Kier alpha value is -3.03. The monoisotopic (exact) mass is 344 g/mol. The molecule has 0 aliphatic carbocycles. The van der Waals surface area contributed by atoms with Crippen molar-refractivity contribution in [2.24, 2.45) is 11.7 Å². The van der Waals surface area contributed by atoms with Gasteiger partial charge in [-0.1, -0.05) is 6.07 Å². The van der Waals surface area contributed by atoms with Crippen LogP contribution in [0.2, 0.25) is 0 Å². The van der Waals surface area contributed by atoms with Gasteiger partial charge >= 0.3 is 6.03 Å². The molecule has 8 nitrogen and oxygen atoms in total. The lowest BCUT2D eigenvalue weighted by Gasteiger charge is -2.31.